The Labute approximate surface area is 234 Å². The first-order chi connectivity index (χ1) is 19.2. The number of nitrogens with zero attached hydrogens (tertiary/aromatic N) is 3. The third kappa shape index (κ3) is 4.15. The van der Waals surface area contributed by atoms with Crippen molar-refractivity contribution in [2.45, 2.75) is 11.8 Å². The van der Waals surface area contributed by atoms with Crippen molar-refractivity contribution < 1.29 is 22.7 Å². The van der Waals surface area contributed by atoms with E-state index in [0.29, 0.717) is 45.9 Å². The molecule has 0 amide bonds. The summed E-state index contributed by atoms with van der Waals surface area (Å²) in [5, 5.41) is 11.5. The number of thiophene rings is 1. The van der Waals surface area contributed by atoms with Gasteiger partial charge in [0.15, 0.2) is 0 Å². The standard InChI is InChI=1S/C30H22FN3O4S2/c1-18-6-9-23(10-7-18)40(37,38)34-26-11-8-21(31)15-24(26)27(29-25(32-2)12-13-39-29)28(34)19-4-3-5-22(14-19)33-16-20(17-33)30(35)36/h3-15,20H,16-17H2,1H3,(H,35,36). The molecule has 5 aromatic rings. The van der Waals surface area contributed by atoms with Crippen molar-refractivity contribution in [2.75, 3.05) is 18.0 Å². The molecule has 0 radical (unpaired) electrons. The number of carboxylic acids is 1. The highest BCUT2D eigenvalue weighted by Crippen LogP contribution is 2.48. The predicted octanol–water partition coefficient (Wildman–Crippen LogP) is 6.79. The van der Waals surface area contributed by atoms with Crippen LogP contribution in [0.5, 0.6) is 0 Å². The van der Waals surface area contributed by atoms with Crippen LogP contribution in [0.2, 0.25) is 0 Å². The fourth-order valence-corrected chi connectivity index (χ4v) is 7.50. The van der Waals surface area contributed by atoms with Crippen molar-refractivity contribution in [3.05, 3.63) is 101 Å². The average molecular weight is 572 g/mol. The Kier molecular flexibility index (Phi) is 6.21. The first-order valence-corrected chi connectivity index (χ1v) is 14.7. The summed E-state index contributed by atoms with van der Waals surface area (Å²) in [6.07, 6.45) is 0. The highest BCUT2D eigenvalue weighted by Gasteiger charge is 2.34. The van der Waals surface area contributed by atoms with Crippen LogP contribution in [-0.4, -0.2) is 36.6 Å². The van der Waals surface area contributed by atoms with E-state index in [1.165, 1.54) is 33.5 Å². The second kappa shape index (κ2) is 9.62. The Bertz CT molecular complexity index is 1950. The number of halogens is 1. The third-order valence-electron chi connectivity index (χ3n) is 7.15. The first-order valence-electron chi connectivity index (χ1n) is 12.4. The van der Waals surface area contributed by atoms with E-state index in [1.54, 1.807) is 47.8 Å². The van der Waals surface area contributed by atoms with Gasteiger partial charge in [-0.3, -0.25) is 4.79 Å². The van der Waals surface area contributed by atoms with Crippen molar-refractivity contribution in [2.24, 2.45) is 5.92 Å². The van der Waals surface area contributed by atoms with Crippen LogP contribution in [-0.2, 0) is 14.8 Å². The Morgan fingerprint density at radius 2 is 1.82 bits per heavy atom. The van der Waals surface area contributed by atoms with Gasteiger partial charge in [0.2, 0.25) is 5.69 Å². The van der Waals surface area contributed by atoms with Crippen LogP contribution >= 0.6 is 11.3 Å². The summed E-state index contributed by atoms with van der Waals surface area (Å²) >= 11 is 1.29. The summed E-state index contributed by atoms with van der Waals surface area (Å²) in [5.41, 5.74) is 3.58. The highest BCUT2D eigenvalue weighted by molar-refractivity contribution is 7.90. The van der Waals surface area contributed by atoms with E-state index >= 15 is 0 Å². The topological polar surface area (TPSA) is 84.0 Å². The number of rotatable bonds is 6. The summed E-state index contributed by atoms with van der Waals surface area (Å²) < 4.78 is 44.6. The van der Waals surface area contributed by atoms with Crippen molar-refractivity contribution >= 4 is 49.6 Å². The summed E-state index contributed by atoms with van der Waals surface area (Å²) in [4.78, 5) is 17.5. The molecule has 2 aromatic heterocycles. The van der Waals surface area contributed by atoms with Crippen LogP contribution in [0.4, 0.5) is 15.8 Å². The van der Waals surface area contributed by atoms with Gasteiger partial charge in [0.25, 0.3) is 10.0 Å². The molecule has 6 rings (SSSR count). The van der Waals surface area contributed by atoms with E-state index in [9.17, 15) is 22.7 Å². The lowest BCUT2D eigenvalue weighted by Crippen LogP contribution is -2.50. The molecule has 0 unspecified atom stereocenters. The van der Waals surface area contributed by atoms with Gasteiger partial charge in [0.1, 0.15) is 5.82 Å². The van der Waals surface area contributed by atoms with Gasteiger partial charge in [-0.25, -0.2) is 21.6 Å². The third-order valence-corrected chi connectivity index (χ3v) is 9.80. The summed E-state index contributed by atoms with van der Waals surface area (Å²) in [5.74, 6) is -1.85. The summed E-state index contributed by atoms with van der Waals surface area (Å²) in [6, 6.07) is 19.4. The molecule has 1 aliphatic rings. The fraction of sp³-hybridized carbons (Fsp3) is 0.133. The predicted molar refractivity (Wildman–Crippen MR) is 154 cm³/mol. The molecule has 1 N–H and O–H groups in total. The van der Waals surface area contributed by atoms with Gasteiger partial charge in [-0.15, -0.1) is 0 Å². The lowest BCUT2D eigenvalue weighted by atomic mass is 9.98. The highest BCUT2D eigenvalue weighted by atomic mass is 32.2. The molecule has 1 fully saturated rings. The normalized spacial score (nSPS) is 13.8. The molecular formula is C30H22FN3O4S2. The minimum atomic E-state index is -4.18. The number of carbonyl (C=O) groups is 1. The van der Waals surface area contributed by atoms with E-state index in [0.717, 1.165) is 11.3 Å². The van der Waals surface area contributed by atoms with Crippen molar-refractivity contribution in [3.8, 4) is 21.7 Å². The monoisotopic (exact) mass is 571 g/mol. The van der Waals surface area contributed by atoms with E-state index < -0.39 is 27.7 Å². The lowest BCUT2D eigenvalue weighted by molar-refractivity contribution is -0.142. The van der Waals surface area contributed by atoms with Crippen LogP contribution in [0.25, 0.3) is 37.4 Å². The second-order valence-corrected chi connectivity index (χ2v) is 12.4. The number of carboxylic acid groups (broad SMARTS) is 1. The van der Waals surface area contributed by atoms with E-state index in [-0.39, 0.29) is 10.4 Å². The Hall–Kier alpha value is -4.46. The Morgan fingerprint density at radius 1 is 1.07 bits per heavy atom. The smallest absolute Gasteiger partial charge is 0.310 e. The zero-order valence-electron chi connectivity index (χ0n) is 21.2. The van der Waals surface area contributed by atoms with Crippen LogP contribution in [0.1, 0.15) is 5.56 Å². The fourth-order valence-electron chi connectivity index (χ4n) is 5.07. The first kappa shape index (κ1) is 25.8. The number of fused-ring (bicyclic) bond motifs is 1. The molecule has 0 aliphatic carbocycles. The molecule has 1 aliphatic heterocycles. The van der Waals surface area contributed by atoms with Gasteiger partial charge in [0.05, 0.1) is 28.6 Å². The quantitative estimate of drug-likeness (QED) is 0.227. The molecule has 0 spiro atoms. The van der Waals surface area contributed by atoms with Gasteiger partial charge < -0.3 is 10.0 Å². The van der Waals surface area contributed by atoms with Gasteiger partial charge in [-0.1, -0.05) is 29.8 Å². The number of aliphatic carboxylic acids is 1. The van der Waals surface area contributed by atoms with Crippen LogP contribution in [0, 0.1) is 25.2 Å². The lowest BCUT2D eigenvalue weighted by Gasteiger charge is -2.38. The Balaban J connectivity index is 1.68. The van der Waals surface area contributed by atoms with Crippen molar-refractivity contribution in [1.82, 2.24) is 3.97 Å². The van der Waals surface area contributed by atoms with Gasteiger partial charge in [0, 0.05) is 40.2 Å². The second-order valence-electron chi connectivity index (χ2n) is 9.70. The molecule has 10 heteroatoms. The maximum atomic E-state index is 14.7. The number of aromatic nitrogens is 1. The van der Waals surface area contributed by atoms with Gasteiger partial charge in [-0.2, -0.15) is 11.3 Å². The number of anilines is 1. The average Bonchev–Trinajstić information content (AvgIpc) is 3.50. The van der Waals surface area contributed by atoms with E-state index in [4.69, 9.17) is 6.57 Å². The minimum absolute atomic E-state index is 0.0758. The molecule has 3 heterocycles. The van der Waals surface area contributed by atoms with Crippen LogP contribution < -0.4 is 4.90 Å². The molecule has 1 saturated heterocycles. The van der Waals surface area contributed by atoms with E-state index in [2.05, 4.69) is 4.85 Å². The van der Waals surface area contributed by atoms with Gasteiger partial charge >= 0.3 is 5.97 Å². The van der Waals surface area contributed by atoms with Gasteiger partial charge in [-0.05, 0) is 60.8 Å². The molecule has 40 heavy (non-hydrogen) atoms. The van der Waals surface area contributed by atoms with Crippen molar-refractivity contribution in [3.63, 3.8) is 0 Å². The molecule has 0 atom stereocenters. The molecule has 0 bridgehead atoms. The largest absolute Gasteiger partial charge is 0.481 e. The number of hydrogen-bond donors (Lipinski definition) is 1. The number of hydrogen-bond acceptors (Lipinski definition) is 5. The minimum Gasteiger partial charge on any atom is -0.481 e. The summed E-state index contributed by atoms with van der Waals surface area (Å²) in [6.45, 7) is 10.3. The van der Waals surface area contributed by atoms with E-state index in [1.807, 2.05) is 24.0 Å². The Morgan fingerprint density at radius 3 is 2.52 bits per heavy atom. The van der Waals surface area contributed by atoms with Crippen molar-refractivity contribution in [1.29, 1.82) is 0 Å². The number of benzene rings is 3. The molecule has 200 valence electrons. The number of aryl methyl sites for hydroxylation is 1. The maximum Gasteiger partial charge on any atom is 0.310 e. The zero-order valence-corrected chi connectivity index (χ0v) is 22.8. The molecule has 7 nitrogen and oxygen atoms in total. The zero-order chi connectivity index (χ0) is 28.2. The summed E-state index contributed by atoms with van der Waals surface area (Å²) in [7, 11) is -4.18. The SMILES string of the molecule is [C-]#[N+]c1ccsc1-c1c(-c2cccc(N3CC(C(=O)O)C3)c2)n(S(=O)(=O)c2ccc(C)cc2)c2ccc(F)cc12. The maximum absolute atomic E-state index is 14.7. The molecular weight excluding hydrogens is 549 g/mol. The van der Waals surface area contributed by atoms with Crippen LogP contribution in [0.15, 0.2) is 83.1 Å². The molecule has 3 aromatic carbocycles. The van der Waals surface area contributed by atoms with Crippen LogP contribution in [0.3, 0.4) is 0 Å². The molecule has 0 saturated carbocycles.